The number of nitrogens with one attached hydrogen (secondary N) is 1. The number of aromatic nitrogens is 2. The van der Waals surface area contributed by atoms with E-state index in [0.29, 0.717) is 12.1 Å². The molecule has 0 spiro atoms. The van der Waals surface area contributed by atoms with Crippen LogP contribution in [-0.2, 0) is 13.1 Å². The van der Waals surface area contributed by atoms with Crippen LogP contribution in [0.15, 0.2) is 36.4 Å². The number of benzene rings is 1. The first-order chi connectivity index (χ1) is 10.2. The fourth-order valence-electron chi connectivity index (χ4n) is 2.01. The van der Waals surface area contributed by atoms with Crippen molar-refractivity contribution in [1.29, 1.82) is 0 Å². The number of halogens is 1. The summed E-state index contributed by atoms with van der Waals surface area (Å²) in [7, 11) is 1.88. The molecule has 4 nitrogen and oxygen atoms in total. The van der Waals surface area contributed by atoms with Crippen LogP contribution in [0.25, 0.3) is 0 Å². The molecule has 1 aromatic carbocycles. The van der Waals surface area contributed by atoms with Crippen LogP contribution in [0.5, 0.6) is 0 Å². The zero-order valence-corrected chi connectivity index (χ0v) is 12.5. The van der Waals surface area contributed by atoms with Crippen LogP contribution in [0.4, 0.5) is 10.2 Å². The van der Waals surface area contributed by atoms with Crippen LogP contribution in [-0.4, -0.2) is 23.8 Å². The van der Waals surface area contributed by atoms with Crippen LogP contribution < -0.4 is 10.2 Å². The zero-order valence-electron chi connectivity index (χ0n) is 12.5. The van der Waals surface area contributed by atoms with E-state index in [2.05, 4.69) is 22.4 Å². The fraction of sp³-hybridized carbons (Fsp3) is 0.375. The van der Waals surface area contributed by atoms with Crippen molar-refractivity contribution >= 4 is 5.82 Å². The molecule has 1 heterocycles. The van der Waals surface area contributed by atoms with Gasteiger partial charge < -0.3 is 10.2 Å². The molecule has 0 fully saturated rings. The molecule has 0 saturated heterocycles. The first kappa shape index (κ1) is 15.4. The predicted octanol–water partition coefficient (Wildman–Crippen LogP) is 2.75. The predicted molar refractivity (Wildman–Crippen MR) is 82.5 cm³/mol. The smallest absolute Gasteiger partial charge is 0.151 e. The molecule has 0 aliphatic rings. The molecule has 1 N–H and O–H groups in total. The molecule has 0 radical (unpaired) electrons. The lowest BCUT2D eigenvalue weighted by Gasteiger charge is -2.18. The van der Waals surface area contributed by atoms with Gasteiger partial charge in [-0.15, -0.1) is 5.10 Å². The molecule has 0 bridgehead atoms. The van der Waals surface area contributed by atoms with Crippen LogP contribution in [0.1, 0.15) is 24.6 Å². The molecule has 0 amide bonds. The van der Waals surface area contributed by atoms with Gasteiger partial charge in [0.1, 0.15) is 5.82 Å². The highest BCUT2D eigenvalue weighted by atomic mass is 19.1. The van der Waals surface area contributed by atoms with Crippen LogP contribution in [0, 0.1) is 5.82 Å². The van der Waals surface area contributed by atoms with E-state index in [4.69, 9.17) is 0 Å². The number of nitrogens with zero attached hydrogens (tertiary/aromatic N) is 3. The maximum Gasteiger partial charge on any atom is 0.151 e. The van der Waals surface area contributed by atoms with Crippen molar-refractivity contribution in [2.24, 2.45) is 0 Å². The summed E-state index contributed by atoms with van der Waals surface area (Å²) < 4.78 is 13.6. The van der Waals surface area contributed by atoms with E-state index in [1.165, 1.54) is 6.07 Å². The largest absolute Gasteiger partial charge is 0.354 e. The van der Waals surface area contributed by atoms with Crippen molar-refractivity contribution in [1.82, 2.24) is 15.5 Å². The normalized spacial score (nSPS) is 10.6. The lowest BCUT2D eigenvalue weighted by Crippen LogP contribution is -2.20. The molecule has 112 valence electrons. The fourth-order valence-corrected chi connectivity index (χ4v) is 2.01. The Hall–Kier alpha value is -2.01. The lowest BCUT2D eigenvalue weighted by atomic mass is 10.2. The molecule has 0 unspecified atom stereocenters. The standard InChI is InChI=1S/C16H21FN4/c1-3-10-18-11-14-8-9-16(20-19-14)21(2)12-13-6-4-5-7-15(13)17/h4-9,18H,3,10-12H2,1-2H3. The first-order valence-corrected chi connectivity index (χ1v) is 7.18. The Labute approximate surface area is 125 Å². The van der Waals surface area contributed by atoms with Gasteiger partial charge in [-0.25, -0.2) is 4.39 Å². The summed E-state index contributed by atoms with van der Waals surface area (Å²) in [6.45, 7) is 4.28. The molecule has 21 heavy (non-hydrogen) atoms. The summed E-state index contributed by atoms with van der Waals surface area (Å²) in [5.41, 5.74) is 1.56. The van der Waals surface area contributed by atoms with Crippen molar-refractivity contribution in [2.75, 3.05) is 18.5 Å². The van der Waals surface area contributed by atoms with Gasteiger partial charge >= 0.3 is 0 Å². The number of hydrogen-bond donors (Lipinski definition) is 1. The van der Waals surface area contributed by atoms with Crippen LogP contribution in [0.3, 0.4) is 0 Å². The highest BCUT2D eigenvalue weighted by molar-refractivity contribution is 5.37. The number of rotatable bonds is 7. The van der Waals surface area contributed by atoms with Gasteiger partial charge in [0.15, 0.2) is 5.82 Å². The molecule has 0 aliphatic carbocycles. The topological polar surface area (TPSA) is 41.0 Å². The minimum Gasteiger partial charge on any atom is -0.354 e. The summed E-state index contributed by atoms with van der Waals surface area (Å²) in [4.78, 5) is 1.88. The summed E-state index contributed by atoms with van der Waals surface area (Å²) in [6.07, 6.45) is 1.09. The maximum atomic E-state index is 13.6. The molecule has 0 saturated carbocycles. The molecule has 5 heteroatoms. The number of hydrogen-bond acceptors (Lipinski definition) is 4. The van der Waals surface area contributed by atoms with E-state index < -0.39 is 0 Å². The average molecular weight is 288 g/mol. The molecule has 2 aromatic rings. The molecular weight excluding hydrogens is 267 g/mol. The van der Waals surface area contributed by atoms with E-state index in [-0.39, 0.29) is 5.82 Å². The monoisotopic (exact) mass is 288 g/mol. The third-order valence-corrected chi connectivity index (χ3v) is 3.20. The lowest BCUT2D eigenvalue weighted by molar-refractivity contribution is 0.607. The minimum absolute atomic E-state index is 0.197. The molecule has 0 aliphatic heterocycles. The van der Waals surface area contributed by atoms with Gasteiger partial charge in [0.25, 0.3) is 0 Å². The quantitative estimate of drug-likeness (QED) is 0.795. The zero-order chi connectivity index (χ0) is 15.1. The van der Waals surface area contributed by atoms with Gasteiger partial charge in [-0.2, -0.15) is 5.10 Å². The Kier molecular flexibility index (Phi) is 5.63. The van der Waals surface area contributed by atoms with E-state index in [1.807, 2.05) is 30.1 Å². The van der Waals surface area contributed by atoms with E-state index in [1.54, 1.807) is 12.1 Å². The second-order valence-electron chi connectivity index (χ2n) is 5.01. The highest BCUT2D eigenvalue weighted by Crippen LogP contribution is 2.14. The first-order valence-electron chi connectivity index (χ1n) is 7.18. The Morgan fingerprint density at radius 3 is 2.62 bits per heavy atom. The van der Waals surface area contributed by atoms with Gasteiger partial charge in [0.2, 0.25) is 0 Å². The van der Waals surface area contributed by atoms with Crippen molar-refractivity contribution in [2.45, 2.75) is 26.4 Å². The van der Waals surface area contributed by atoms with Gasteiger partial charge in [-0.05, 0) is 31.2 Å². The summed E-state index contributed by atoms with van der Waals surface area (Å²) >= 11 is 0. The minimum atomic E-state index is -0.197. The highest BCUT2D eigenvalue weighted by Gasteiger charge is 2.07. The van der Waals surface area contributed by atoms with Crippen molar-refractivity contribution in [3.63, 3.8) is 0 Å². The summed E-state index contributed by atoms with van der Waals surface area (Å²) in [5, 5.41) is 11.7. The van der Waals surface area contributed by atoms with E-state index in [0.717, 1.165) is 31.0 Å². The number of anilines is 1. The maximum absolute atomic E-state index is 13.6. The van der Waals surface area contributed by atoms with Gasteiger partial charge in [0.05, 0.1) is 5.69 Å². The molecule has 2 rings (SSSR count). The third-order valence-electron chi connectivity index (χ3n) is 3.20. The average Bonchev–Trinajstić information content (AvgIpc) is 2.50. The Morgan fingerprint density at radius 2 is 1.95 bits per heavy atom. The van der Waals surface area contributed by atoms with Crippen molar-refractivity contribution in [3.05, 3.63) is 53.5 Å². The Bertz CT molecular complexity index is 556. The van der Waals surface area contributed by atoms with E-state index in [9.17, 15) is 4.39 Å². The SMILES string of the molecule is CCCNCc1ccc(N(C)Cc2ccccc2F)nn1. The van der Waals surface area contributed by atoms with Crippen molar-refractivity contribution < 1.29 is 4.39 Å². The Balaban J connectivity index is 1.96. The van der Waals surface area contributed by atoms with Gasteiger partial charge in [0, 0.05) is 25.7 Å². The van der Waals surface area contributed by atoms with Crippen LogP contribution in [0.2, 0.25) is 0 Å². The van der Waals surface area contributed by atoms with Gasteiger partial charge in [-0.1, -0.05) is 25.1 Å². The summed E-state index contributed by atoms with van der Waals surface area (Å²) in [5.74, 6) is 0.537. The second kappa shape index (κ2) is 7.69. The summed E-state index contributed by atoms with van der Waals surface area (Å²) in [6, 6.07) is 10.6. The molecular formula is C16H21FN4. The molecule has 0 atom stereocenters. The van der Waals surface area contributed by atoms with Crippen molar-refractivity contribution in [3.8, 4) is 0 Å². The Morgan fingerprint density at radius 1 is 1.14 bits per heavy atom. The van der Waals surface area contributed by atoms with Crippen LogP contribution >= 0.6 is 0 Å². The van der Waals surface area contributed by atoms with Gasteiger partial charge in [-0.3, -0.25) is 0 Å². The third kappa shape index (κ3) is 4.49. The second-order valence-corrected chi connectivity index (χ2v) is 5.01. The molecule has 1 aromatic heterocycles. The van der Waals surface area contributed by atoms with E-state index >= 15 is 0 Å².